The van der Waals surface area contributed by atoms with Crippen LogP contribution in [0, 0.1) is 5.92 Å². The van der Waals surface area contributed by atoms with Gasteiger partial charge >= 0.3 is 5.76 Å². The molecule has 2 unspecified atom stereocenters. The average Bonchev–Trinajstić information content (AvgIpc) is 3.55. The van der Waals surface area contributed by atoms with Crippen molar-refractivity contribution in [3.63, 3.8) is 0 Å². The zero-order valence-corrected chi connectivity index (χ0v) is 21.5. The Kier molecular flexibility index (Phi) is 7.41. The Morgan fingerprint density at radius 1 is 1.08 bits per heavy atom. The Labute approximate surface area is 216 Å². The highest BCUT2D eigenvalue weighted by Gasteiger charge is 2.39. The third kappa shape index (κ3) is 5.05. The lowest BCUT2D eigenvalue weighted by atomic mass is 9.83. The van der Waals surface area contributed by atoms with E-state index in [-0.39, 0.29) is 29.8 Å². The number of para-hydroxylation sites is 2. The van der Waals surface area contributed by atoms with Gasteiger partial charge in [-0.3, -0.25) is 14.6 Å². The molecule has 2 amide bonds. The normalized spacial score (nSPS) is 20.2. The van der Waals surface area contributed by atoms with Crippen LogP contribution in [0.25, 0.3) is 16.8 Å². The fourth-order valence-corrected chi connectivity index (χ4v) is 5.77. The molecule has 2 N–H and O–H groups in total. The number of carbonyl (C=O) groups excluding carboxylic acids is 2. The zero-order chi connectivity index (χ0) is 25.9. The molecule has 0 radical (unpaired) electrons. The number of fused-ring (bicyclic) bond motifs is 1. The van der Waals surface area contributed by atoms with E-state index in [1.807, 2.05) is 29.2 Å². The van der Waals surface area contributed by atoms with Crippen LogP contribution in [-0.2, 0) is 9.59 Å². The molecule has 1 saturated heterocycles. The summed E-state index contributed by atoms with van der Waals surface area (Å²) in [5, 5.41) is 6.05. The molecule has 196 valence electrons. The number of hydrogen-bond acceptors (Lipinski definition) is 6. The number of amides is 2. The summed E-state index contributed by atoms with van der Waals surface area (Å²) in [6, 6.07) is 8.11. The molecule has 2 fully saturated rings. The van der Waals surface area contributed by atoms with Crippen LogP contribution in [-0.4, -0.2) is 51.9 Å². The van der Waals surface area contributed by atoms with Crippen molar-refractivity contribution in [1.82, 2.24) is 25.1 Å². The zero-order valence-electron chi connectivity index (χ0n) is 21.5. The third-order valence-corrected chi connectivity index (χ3v) is 7.92. The minimum atomic E-state index is -0.541. The van der Waals surface area contributed by atoms with Gasteiger partial charge in [0.25, 0.3) is 0 Å². The van der Waals surface area contributed by atoms with E-state index in [1.165, 1.54) is 11.0 Å². The monoisotopic (exact) mass is 505 g/mol. The van der Waals surface area contributed by atoms with Crippen molar-refractivity contribution in [1.29, 1.82) is 0 Å². The summed E-state index contributed by atoms with van der Waals surface area (Å²) < 4.78 is 6.92. The van der Waals surface area contributed by atoms with Gasteiger partial charge in [0.2, 0.25) is 11.8 Å². The summed E-state index contributed by atoms with van der Waals surface area (Å²) in [4.78, 5) is 45.8. The van der Waals surface area contributed by atoms with Gasteiger partial charge < -0.3 is 20.0 Å². The molecular formula is C28H35N5O4. The fourth-order valence-electron chi connectivity index (χ4n) is 5.77. The van der Waals surface area contributed by atoms with Gasteiger partial charge in [0.1, 0.15) is 6.04 Å². The van der Waals surface area contributed by atoms with Crippen LogP contribution in [0.5, 0.6) is 0 Å². The van der Waals surface area contributed by atoms with E-state index in [2.05, 4.69) is 15.6 Å². The van der Waals surface area contributed by atoms with Crippen LogP contribution in [0.3, 0.4) is 0 Å². The first-order valence-corrected chi connectivity index (χ1v) is 13.3. The second-order valence-electron chi connectivity index (χ2n) is 10.2. The number of likely N-dealkylation sites (tertiary alicyclic amines) is 1. The van der Waals surface area contributed by atoms with E-state index in [0.717, 1.165) is 44.1 Å². The molecule has 2 aromatic heterocycles. The van der Waals surface area contributed by atoms with Crippen LogP contribution in [0.1, 0.15) is 63.5 Å². The van der Waals surface area contributed by atoms with Crippen molar-refractivity contribution in [3.8, 4) is 5.69 Å². The van der Waals surface area contributed by atoms with Crippen LogP contribution in [0.4, 0.5) is 0 Å². The van der Waals surface area contributed by atoms with E-state index in [4.69, 9.17) is 4.42 Å². The first-order valence-electron chi connectivity index (χ1n) is 13.3. The molecule has 3 heterocycles. The third-order valence-electron chi connectivity index (χ3n) is 7.92. The largest absolute Gasteiger partial charge is 0.424 e. The summed E-state index contributed by atoms with van der Waals surface area (Å²) in [6.45, 7) is 2.43. The molecule has 9 nitrogen and oxygen atoms in total. The summed E-state index contributed by atoms with van der Waals surface area (Å²) in [7, 11) is 1.74. The Hall–Kier alpha value is -3.46. The van der Waals surface area contributed by atoms with Crippen molar-refractivity contribution < 1.29 is 14.0 Å². The maximum Gasteiger partial charge on any atom is 0.424 e. The van der Waals surface area contributed by atoms with Crippen LogP contribution in [0.15, 0.2) is 51.9 Å². The topological polar surface area (TPSA) is 109 Å². The minimum absolute atomic E-state index is 0.0256. The first kappa shape index (κ1) is 25.2. The number of carbonyl (C=O) groups is 2. The Bertz CT molecular complexity index is 1330. The van der Waals surface area contributed by atoms with Crippen molar-refractivity contribution in [2.75, 3.05) is 13.6 Å². The molecular weight excluding hydrogens is 470 g/mol. The van der Waals surface area contributed by atoms with E-state index < -0.39 is 11.8 Å². The molecule has 3 aromatic rings. The van der Waals surface area contributed by atoms with E-state index >= 15 is 0 Å². The predicted octanol–water partition coefficient (Wildman–Crippen LogP) is 3.32. The summed E-state index contributed by atoms with van der Waals surface area (Å²) in [5.74, 6) is -0.520. The summed E-state index contributed by atoms with van der Waals surface area (Å²) >= 11 is 0. The van der Waals surface area contributed by atoms with Gasteiger partial charge in [-0.05, 0) is 69.3 Å². The van der Waals surface area contributed by atoms with Gasteiger partial charge in [-0.25, -0.2) is 9.36 Å². The number of aromatic nitrogens is 2. The Morgan fingerprint density at radius 3 is 2.65 bits per heavy atom. The number of oxazole rings is 1. The molecule has 37 heavy (non-hydrogen) atoms. The Morgan fingerprint density at radius 2 is 1.86 bits per heavy atom. The number of benzene rings is 1. The van der Waals surface area contributed by atoms with Crippen LogP contribution < -0.4 is 16.4 Å². The van der Waals surface area contributed by atoms with E-state index in [0.29, 0.717) is 23.3 Å². The second kappa shape index (κ2) is 10.9. The van der Waals surface area contributed by atoms with Crippen LogP contribution >= 0.6 is 0 Å². The molecule has 5 rings (SSSR count). The predicted molar refractivity (Wildman–Crippen MR) is 140 cm³/mol. The molecule has 1 aliphatic heterocycles. The number of likely N-dealkylation sites (N-methyl/N-ethyl adjacent to an activating group) is 1. The molecule has 0 spiro atoms. The quantitative estimate of drug-likeness (QED) is 0.510. The second-order valence-corrected chi connectivity index (χ2v) is 10.2. The summed E-state index contributed by atoms with van der Waals surface area (Å²) in [6.07, 6.45) is 10.3. The van der Waals surface area contributed by atoms with E-state index in [1.54, 1.807) is 32.4 Å². The standard InChI is InChI=1S/C28H35N5O4/c1-18(29-2)26(34)31-25(19-9-4-3-5-10-19)27(35)32-14-8-12-22(32)20-15-21(17-30-16-20)33-23-11-6-7-13-24(23)37-28(33)36/h6-7,11,13,15-19,22,25,29H,3-5,8-10,12,14H2,1-2H3,(H,31,34)/t18?,22?,25-/m0/s1. The molecule has 1 saturated carbocycles. The van der Waals surface area contributed by atoms with Gasteiger partial charge in [0.15, 0.2) is 5.58 Å². The number of rotatable bonds is 7. The summed E-state index contributed by atoms with van der Waals surface area (Å²) in [5.41, 5.74) is 2.66. The Balaban J connectivity index is 1.44. The average molecular weight is 506 g/mol. The number of nitrogens with zero attached hydrogens (tertiary/aromatic N) is 3. The van der Waals surface area contributed by atoms with Gasteiger partial charge in [0.05, 0.1) is 29.5 Å². The number of nitrogens with one attached hydrogen (secondary N) is 2. The highest BCUT2D eigenvalue weighted by atomic mass is 16.4. The lowest BCUT2D eigenvalue weighted by Crippen LogP contribution is -2.55. The molecule has 3 atom stereocenters. The number of pyridine rings is 1. The molecule has 9 heteroatoms. The van der Waals surface area contributed by atoms with Gasteiger partial charge in [-0.1, -0.05) is 31.4 Å². The van der Waals surface area contributed by atoms with Gasteiger partial charge in [-0.2, -0.15) is 0 Å². The fraction of sp³-hybridized carbons (Fsp3) is 0.500. The molecule has 2 aliphatic rings. The van der Waals surface area contributed by atoms with Crippen molar-refractivity contribution in [3.05, 3.63) is 58.8 Å². The minimum Gasteiger partial charge on any atom is -0.407 e. The molecule has 1 aliphatic carbocycles. The van der Waals surface area contributed by atoms with Crippen LogP contribution in [0.2, 0.25) is 0 Å². The lowest BCUT2D eigenvalue weighted by Gasteiger charge is -2.35. The van der Waals surface area contributed by atoms with Gasteiger partial charge in [0, 0.05) is 12.7 Å². The first-order chi connectivity index (χ1) is 18.0. The number of hydrogen-bond donors (Lipinski definition) is 2. The van der Waals surface area contributed by atoms with E-state index in [9.17, 15) is 14.4 Å². The van der Waals surface area contributed by atoms with Crippen molar-refractivity contribution in [2.45, 2.75) is 70.0 Å². The highest BCUT2D eigenvalue weighted by molar-refractivity contribution is 5.90. The molecule has 0 bridgehead atoms. The van der Waals surface area contributed by atoms with Gasteiger partial charge in [-0.15, -0.1) is 0 Å². The van der Waals surface area contributed by atoms with Crippen molar-refractivity contribution in [2.24, 2.45) is 5.92 Å². The maximum absolute atomic E-state index is 14.0. The highest BCUT2D eigenvalue weighted by Crippen LogP contribution is 2.35. The smallest absolute Gasteiger partial charge is 0.407 e. The SMILES string of the molecule is CNC(C)C(=O)N[C@H](C(=O)N1CCCC1c1cncc(-n2c(=O)oc3ccccc32)c1)C1CCCCC1. The lowest BCUT2D eigenvalue weighted by molar-refractivity contribution is -0.139. The molecule has 1 aromatic carbocycles. The maximum atomic E-state index is 14.0. The van der Waals surface area contributed by atoms with Crippen molar-refractivity contribution >= 4 is 22.9 Å².